The molecule has 1 aromatic rings. The average Bonchev–Trinajstić information content (AvgIpc) is 2.98. The summed E-state index contributed by atoms with van der Waals surface area (Å²) in [4.78, 5) is 22.1. The maximum Gasteiger partial charge on any atom is 0.337 e. The van der Waals surface area contributed by atoms with E-state index in [0.29, 0.717) is 0 Å². The van der Waals surface area contributed by atoms with Gasteiger partial charge in [-0.1, -0.05) is 0 Å². The number of hydrogen-bond donors (Lipinski definition) is 1. The van der Waals surface area contributed by atoms with Crippen molar-refractivity contribution in [1.82, 2.24) is 4.57 Å². The van der Waals surface area contributed by atoms with Gasteiger partial charge in [-0.15, -0.1) is 0 Å². The number of aromatic carboxylic acids is 1. The Balaban J connectivity index is 2.52. The molecule has 0 amide bonds. The van der Waals surface area contributed by atoms with E-state index in [1.54, 1.807) is 0 Å². The number of carbonyl (C=O) groups is 1. The SMILES string of the molecule is O=C(O)c1ccc(=O)n(C2(C(F)F)CC2)c1. The van der Waals surface area contributed by atoms with Gasteiger partial charge in [-0.25, -0.2) is 13.6 Å². The van der Waals surface area contributed by atoms with Crippen molar-refractivity contribution < 1.29 is 18.7 Å². The summed E-state index contributed by atoms with van der Waals surface area (Å²) in [7, 11) is 0. The Labute approximate surface area is 89.1 Å². The Morgan fingerprint density at radius 2 is 2.06 bits per heavy atom. The monoisotopic (exact) mass is 229 g/mol. The van der Waals surface area contributed by atoms with Gasteiger partial charge in [-0.2, -0.15) is 0 Å². The lowest BCUT2D eigenvalue weighted by Crippen LogP contribution is -2.35. The van der Waals surface area contributed by atoms with Crippen molar-refractivity contribution >= 4 is 5.97 Å². The fraction of sp³-hybridized carbons (Fsp3) is 0.400. The lowest BCUT2D eigenvalue weighted by atomic mass is 10.2. The summed E-state index contributed by atoms with van der Waals surface area (Å²) in [6, 6.07) is 2.12. The van der Waals surface area contributed by atoms with E-state index >= 15 is 0 Å². The summed E-state index contributed by atoms with van der Waals surface area (Å²) < 4.78 is 26.4. The molecule has 1 saturated carbocycles. The van der Waals surface area contributed by atoms with Crippen molar-refractivity contribution in [3.8, 4) is 0 Å². The molecule has 1 N–H and O–H groups in total. The molecule has 0 saturated heterocycles. The van der Waals surface area contributed by atoms with E-state index in [1.807, 2.05) is 0 Å². The van der Waals surface area contributed by atoms with Gasteiger partial charge in [0.15, 0.2) is 0 Å². The molecule has 86 valence electrons. The van der Waals surface area contributed by atoms with Gasteiger partial charge >= 0.3 is 5.97 Å². The molecule has 16 heavy (non-hydrogen) atoms. The summed E-state index contributed by atoms with van der Waals surface area (Å²) in [5.74, 6) is -1.24. The summed E-state index contributed by atoms with van der Waals surface area (Å²) >= 11 is 0. The van der Waals surface area contributed by atoms with Crippen LogP contribution in [0, 0.1) is 0 Å². The van der Waals surface area contributed by atoms with Gasteiger partial charge < -0.3 is 9.67 Å². The second kappa shape index (κ2) is 3.40. The normalized spacial score (nSPS) is 17.4. The van der Waals surface area contributed by atoms with E-state index < -0.39 is 23.5 Å². The van der Waals surface area contributed by atoms with Crippen LogP contribution < -0.4 is 5.56 Å². The standard InChI is InChI=1S/C10H9F2NO3/c11-9(12)10(3-4-10)13-5-6(8(15)16)1-2-7(13)14/h1-2,5,9H,3-4H2,(H,15,16). The van der Waals surface area contributed by atoms with Crippen molar-refractivity contribution in [3.63, 3.8) is 0 Å². The molecule has 1 fully saturated rings. The van der Waals surface area contributed by atoms with Crippen LogP contribution in [0.15, 0.2) is 23.1 Å². The molecule has 1 aliphatic carbocycles. The first-order chi connectivity index (χ1) is 7.47. The number of aromatic nitrogens is 1. The molecule has 0 aromatic carbocycles. The molecule has 2 rings (SSSR count). The fourth-order valence-corrected chi connectivity index (χ4v) is 1.65. The smallest absolute Gasteiger partial charge is 0.337 e. The number of alkyl halides is 2. The number of carboxylic acids is 1. The Morgan fingerprint density at radius 3 is 2.50 bits per heavy atom. The Morgan fingerprint density at radius 1 is 1.44 bits per heavy atom. The summed E-state index contributed by atoms with van der Waals surface area (Å²) in [5, 5.41) is 8.72. The lowest BCUT2D eigenvalue weighted by Gasteiger charge is -2.17. The highest BCUT2D eigenvalue weighted by atomic mass is 19.3. The molecule has 0 aliphatic heterocycles. The quantitative estimate of drug-likeness (QED) is 0.849. The van der Waals surface area contributed by atoms with E-state index in [1.165, 1.54) is 0 Å². The maximum atomic E-state index is 12.8. The largest absolute Gasteiger partial charge is 0.478 e. The molecule has 1 heterocycles. The van der Waals surface area contributed by atoms with Crippen LogP contribution >= 0.6 is 0 Å². The molecular formula is C10H9F2NO3. The molecule has 4 nitrogen and oxygen atoms in total. The van der Waals surface area contributed by atoms with Crippen LogP contribution in [0.2, 0.25) is 0 Å². The van der Waals surface area contributed by atoms with E-state index in [9.17, 15) is 18.4 Å². The molecule has 6 heteroatoms. The van der Waals surface area contributed by atoms with Crippen molar-refractivity contribution in [2.24, 2.45) is 0 Å². The van der Waals surface area contributed by atoms with Gasteiger partial charge in [0.25, 0.3) is 12.0 Å². The molecule has 1 aromatic heterocycles. The molecule has 0 radical (unpaired) electrons. The summed E-state index contributed by atoms with van der Waals surface area (Å²) in [6.45, 7) is 0. The number of hydrogen-bond acceptors (Lipinski definition) is 2. The predicted octanol–water partition coefficient (Wildman–Crippen LogP) is 1.30. The first-order valence-corrected chi connectivity index (χ1v) is 4.72. The number of nitrogens with zero attached hydrogens (tertiary/aromatic N) is 1. The van der Waals surface area contributed by atoms with E-state index in [2.05, 4.69) is 0 Å². The first kappa shape index (κ1) is 10.8. The van der Waals surface area contributed by atoms with E-state index in [4.69, 9.17) is 5.11 Å². The highest BCUT2D eigenvalue weighted by Crippen LogP contribution is 2.47. The zero-order valence-electron chi connectivity index (χ0n) is 8.19. The highest BCUT2D eigenvalue weighted by Gasteiger charge is 2.53. The van der Waals surface area contributed by atoms with Gasteiger partial charge in [0.05, 0.1) is 5.56 Å². The minimum absolute atomic E-state index is 0.161. The van der Waals surface area contributed by atoms with Crippen LogP contribution in [0.1, 0.15) is 23.2 Å². The summed E-state index contributed by atoms with van der Waals surface area (Å²) in [6.07, 6.45) is -1.26. The topological polar surface area (TPSA) is 59.3 Å². The third-order valence-electron chi connectivity index (χ3n) is 2.81. The molecule has 0 bridgehead atoms. The van der Waals surface area contributed by atoms with Crippen LogP contribution in [0.4, 0.5) is 8.78 Å². The Hall–Kier alpha value is -1.72. The van der Waals surface area contributed by atoms with Crippen LogP contribution in [0.3, 0.4) is 0 Å². The predicted molar refractivity (Wildman–Crippen MR) is 50.9 cm³/mol. The fourth-order valence-electron chi connectivity index (χ4n) is 1.65. The lowest BCUT2D eigenvalue weighted by molar-refractivity contribution is 0.0629. The van der Waals surface area contributed by atoms with E-state index in [-0.39, 0.29) is 18.4 Å². The maximum absolute atomic E-state index is 12.8. The number of rotatable bonds is 3. The first-order valence-electron chi connectivity index (χ1n) is 4.72. The number of pyridine rings is 1. The molecule has 0 unspecified atom stereocenters. The van der Waals surface area contributed by atoms with Crippen LogP contribution in [-0.4, -0.2) is 22.1 Å². The van der Waals surface area contributed by atoms with Gasteiger partial charge in [0.2, 0.25) is 0 Å². The van der Waals surface area contributed by atoms with Gasteiger partial charge in [0, 0.05) is 12.3 Å². The molecular weight excluding hydrogens is 220 g/mol. The van der Waals surface area contributed by atoms with Crippen molar-refractivity contribution in [3.05, 3.63) is 34.2 Å². The van der Waals surface area contributed by atoms with Gasteiger partial charge in [0.1, 0.15) is 5.54 Å². The number of carboxylic acid groups (broad SMARTS) is 1. The minimum Gasteiger partial charge on any atom is -0.478 e. The van der Waals surface area contributed by atoms with Crippen LogP contribution in [0.5, 0.6) is 0 Å². The third-order valence-corrected chi connectivity index (χ3v) is 2.81. The summed E-state index contributed by atoms with van der Waals surface area (Å²) in [5.41, 5.74) is -2.24. The Bertz CT molecular complexity index is 491. The molecule has 1 aliphatic rings. The minimum atomic E-state index is -2.66. The van der Waals surface area contributed by atoms with Gasteiger partial charge in [-0.05, 0) is 18.9 Å². The second-order valence-electron chi connectivity index (χ2n) is 3.84. The van der Waals surface area contributed by atoms with Crippen molar-refractivity contribution in [2.45, 2.75) is 24.8 Å². The highest BCUT2D eigenvalue weighted by molar-refractivity contribution is 5.87. The third kappa shape index (κ3) is 1.50. The van der Waals surface area contributed by atoms with Crippen molar-refractivity contribution in [1.29, 1.82) is 0 Å². The number of halogens is 2. The van der Waals surface area contributed by atoms with Crippen LogP contribution in [-0.2, 0) is 5.54 Å². The second-order valence-corrected chi connectivity index (χ2v) is 3.84. The van der Waals surface area contributed by atoms with Crippen molar-refractivity contribution in [2.75, 3.05) is 0 Å². The molecule has 0 atom stereocenters. The van der Waals surface area contributed by atoms with Crippen LogP contribution in [0.25, 0.3) is 0 Å². The zero-order chi connectivity index (χ0) is 11.9. The molecule has 0 spiro atoms. The Kier molecular flexibility index (Phi) is 2.29. The van der Waals surface area contributed by atoms with E-state index in [0.717, 1.165) is 22.9 Å². The zero-order valence-corrected chi connectivity index (χ0v) is 8.19. The average molecular weight is 229 g/mol. The van der Waals surface area contributed by atoms with Gasteiger partial charge in [-0.3, -0.25) is 4.79 Å².